The Morgan fingerprint density at radius 3 is 1.85 bits per heavy atom. The lowest BCUT2D eigenvalue weighted by molar-refractivity contribution is 0.447. The van der Waals surface area contributed by atoms with Crippen LogP contribution in [0.5, 0.6) is 5.75 Å². The fraction of sp³-hybridized carbons (Fsp3) is 0. The van der Waals surface area contributed by atoms with Crippen LogP contribution in [0.25, 0.3) is 22.3 Å². The lowest BCUT2D eigenvalue weighted by Crippen LogP contribution is -2.11. The molecule has 0 atom stereocenters. The highest BCUT2D eigenvalue weighted by molar-refractivity contribution is 14.1. The maximum atomic E-state index is 14.7. The minimum atomic E-state index is -1.67. The Morgan fingerprint density at radius 2 is 1.24 bits per heavy atom. The maximum absolute atomic E-state index is 14.7. The first kappa shape index (κ1) is 24.2. The molecule has 0 fully saturated rings. The third kappa shape index (κ3) is 4.80. The van der Waals surface area contributed by atoms with Crippen molar-refractivity contribution in [2.24, 2.45) is 0 Å². The van der Waals surface area contributed by atoms with Crippen molar-refractivity contribution in [1.82, 2.24) is 0 Å². The summed E-state index contributed by atoms with van der Waals surface area (Å²) < 4.78 is 90.4. The predicted molar refractivity (Wildman–Crippen MR) is 129 cm³/mol. The summed E-state index contributed by atoms with van der Waals surface area (Å²) in [4.78, 5) is 0. The standard InChI is InChI=1S/C25H11F6IOS/c26-19-11-15(5-6-16(19)13-9-20(27)24(31)21(28)10-13)33-25(34)18-8-7-17(22(29)23(18)30)12-1-3-14(32)4-2-12/h1-11H. The lowest BCUT2D eigenvalue weighted by Gasteiger charge is -2.12. The van der Waals surface area contributed by atoms with Crippen LogP contribution in [0.2, 0.25) is 0 Å². The van der Waals surface area contributed by atoms with Gasteiger partial charge in [0.25, 0.3) is 0 Å². The molecule has 0 aliphatic carbocycles. The van der Waals surface area contributed by atoms with Gasteiger partial charge in [-0.3, -0.25) is 0 Å². The third-order valence-electron chi connectivity index (χ3n) is 4.90. The van der Waals surface area contributed by atoms with Crippen molar-refractivity contribution in [3.8, 4) is 28.0 Å². The molecular weight excluding hydrogens is 589 g/mol. The van der Waals surface area contributed by atoms with Crippen molar-refractivity contribution in [1.29, 1.82) is 0 Å². The number of benzene rings is 4. The molecule has 0 aliphatic rings. The molecule has 0 heterocycles. The molecule has 0 radical (unpaired) electrons. The van der Waals surface area contributed by atoms with E-state index in [4.69, 9.17) is 17.0 Å². The van der Waals surface area contributed by atoms with Crippen molar-refractivity contribution in [3.63, 3.8) is 0 Å². The van der Waals surface area contributed by atoms with Gasteiger partial charge < -0.3 is 4.74 Å². The van der Waals surface area contributed by atoms with E-state index in [2.05, 4.69) is 22.6 Å². The lowest BCUT2D eigenvalue weighted by atomic mass is 10.0. The van der Waals surface area contributed by atoms with Gasteiger partial charge in [0.2, 0.25) is 5.05 Å². The van der Waals surface area contributed by atoms with Gasteiger partial charge in [0.05, 0.1) is 5.56 Å². The molecule has 172 valence electrons. The Bertz CT molecular complexity index is 1400. The Kier molecular flexibility index (Phi) is 6.94. The van der Waals surface area contributed by atoms with E-state index in [1.54, 1.807) is 24.3 Å². The van der Waals surface area contributed by atoms with Crippen LogP contribution in [-0.4, -0.2) is 5.05 Å². The molecule has 0 aromatic heterocycles. The fourth-order valence-electron chi connectivity index (χ4n) is 3.23. The van der Waals surface area contributed by atoms with Crippen LogP contribution < -0.4 is 4.74 Å². The Labute approximate surface area is 209 Å². The fourth-order valence-corrected chi connectivity index (χ4v) is 3.84. The summed E-state index contributed by atoms with van der Waals surface area (Å²) in [6.45, 7) is 0. The predicted octanol–water partition coefficient (Wildman–Crippen LogP) is 8.21. The van der Waals surface area contributed by atoms with Gasteiger partial charge in [0.1, 0.15) is 11.6 Å². The second kappa shape index (κ2) is 9.75. The van der Waals surface area contributed by atoms with Gasteiger partial charge in [-0.25, -0.2) is 26.3 Å². The van der Waals surface area contributed by atoms with E-state index in [1.165, 1.54) is 18.2 Å². The summed E-state index contributed by atoms with van der Waals surface area (Å²) in [6, 6.07) is 13.9. The highest BCUT2D eigenvalue weighted by atomic mass is 127. The highest BCUT2D eigenvalue weighted by Crippen LogP contribution is 2.31. The Morgan fingerprint density at radius 1 is 0.618 bits per heavy atom. The number of rotatable bonds is 4. The van der Waals surface area contributed by atoms with Gasteiger partial charge in [-0.2, -0.15) is 0 Å². The van der Waals surface area contributed by atoms with Gasteiger partial charge in [-0.15, -0.1) is 0 Å². The molecule has 0 saturated carbocycles. The van der Waals surface area contributed by atoms with Crippen molar-refractivity contribution < 1.29 is 31.1 Å². The zero-order chi connectivity index (χ0) is 24.6. The van der Waals surface area contributed by atoms with Gasteiger partial charge in [0, 0.05) is 20.8 Å². The van der Waals surface area contributed by atoms with Crippen LogP contribution in [0.4, 0.5) is 26.3 Å². The van der Waals surface area contributed by atoms with Crippen molar-refractivity contribution >= 4 is 39.9 Å². The van der Waals surface area contributed by atoms with E-state index >= 15 is 0 Å². The summed E-state index contributed by atoms with van der Waals surface area (Å²) in [6.07, 6.45) is 0. The monoisotopic (exact) mass is 600 g/mol. The molecule has 0 unspecified atom stereocenters. The van der Waals surface area contributed by atoms with E-state index in [0.29, 0.717) is 17.7 Å². The molecule has 4 rings (SSSR count). The summed E-state index contributed by atoms with van der Waals surface area (Å²) in [5.41, 5.74) is -0.289. The van der Waals surface area contributed by atoms with Crippen LogP contribution in [0, 0.1) is 38.5 Å². The number of ether oxygens (including phenoxy) is 1. The molecule has 0 N–H and O–H groups in total. The Hall–Kier alpha value is -2.92. The third-order valence-corrected chi connectivity index (χ3v) is 5.93. The molecular formula is C25H11F6IOS. The minimum absolute atomic E-state index is 0.0367. The molecule has 34 heavy (non-hydrogen) atoms. The molecule has 0 saturated heterocycles. The zero-order valence-electron chi connectivity index (χ0n) is 16.8. The molecule has 0 amide bonds. The number of thiocarbonyl (C=S) groups is 1. The van der Waals surface area contributed by atoms with E-state index in [1.807, 2.05) is 0 Å². The molecule has 4 aromatic carbocycles. The molecule has 0 aliphatic heterocycles. The SMILES string of the molecule is Fc1cc(OC(=S)c2ccc(-c3ccc(I)cc3)c(F)c2F)ccc1-c1cc(F)c(F)c(F)c1. The molecule has 4 aromatic rings. The quantitative estimate of drug-likeness (QED) is 0.101. The van der Waals surface area contributed by atoms with Crippen LogP contribution in [-0.2, 0) is 0 Å². The van der Waals surface area contributed by atoms with Crippen LogP contribution >= 0.6 is 34.8 Å². The van der Waals surface area contributed by atoms with E-state index in [9.17, 15) is 26.3 Å². The number of halogens is 7. The average molecular weight is 600 g/mol. The topological polar surface area (TPSA) is 9.23 Å². The molecule has 9 heteroatoms. The minimum Gasteiger partial charge on any atom is -0.445 e. The highest BCUT2D eigenvalue weighted by Gasteiger charge is 2.20. The van der Waals surface area contributed by atoms with Crippen molar-refractivity contribution in [3.05, 3.63) is 111 Å². The number of hydrogen-bond donors (Lipinski definition) is 0. The summed E-state index contributed by atoms with van der Waals surface area (Å²) in [5.74, 6) is -8.06. The van der Waals surface area contributed by atoms with Crippen molar-refractivity contribution in [2.75, 3.05) is 0 Å². The smallest absolute Gasteiger partial charge is 0.201 e. The van der Waals surface area contributed by atoms with Gasteiger partial charge in [-0.05, 0) is 88.4 Å². The van der Waals surface area contributed by atoms with Crippen molar-refractivity contribution in [2.45, 2.75) is 0 Å². The van der Waals surface area contributed by atoms with Gasteiger partial charge in [-0.1, -0.05) is 18.2 Å². The molecule has 0 spiro atoms. The molecule has 1 nitrogen and oxygen atoms in total. The van der Waals surface area contributed by atoms with E-state index in [-0.39, 0.29) is 28.0 Å². The van der Waals surface area contributed by atoms with Crippen LogP contribution in [0.3, 0.4) is 0 Å². The first-order chi connectivity index (χ1) is 16.2. The summed E-state index contributed by atoms with van der Waals surface area (Å²) in [5, 5.41) is -0.448. The van der Waals surface area contributed by atoms with E-state index < -0.39 is 40.0 Å². The first-order valence-corrected chi connectivity index (χ1v) is 11.0. The Balaban J connectivity index is 1.59. The largest absolute Gasteiger partial charge is 0.445 e. The van der Waals surface area contributed by atoms with Gasteiger partial charge >= 0.3 is 0 Å². The first-order valence-electron chi connectivity index (χ1n) is 9.56. The summed E-state index contributed by atoms with van der Waals surface area (Å²) in [7, 11) is 0. The molecule has 0 bridgehead atoms. The van der Waals surface area contributed by atoms with Crippen LogP contribution in [0.1, 0.15) is 5.56 Å². The normalized spacial score (nSPS) is 10.9. The second-order valence-corrected chi connectivity index (χ2v) is 8.70. The average Bonchev–Trinajstić information content (AvgIpc) is 2.79. The van der Waals surface area contributed by atoms with Gasteiger partial charge in [0.15, 0.2) is 29.1 Å². The second-order valence-electron chi connectivity index (χ2n) is 7.08. The maximum Gasteiger partial charge on any atom is 0.201 e. The van der Waals surface area contributed by atoms with E-state index in [0.717, 1.165) is 15.7 Å². The van der Waals surface area contributed by atoms with Crippen LogP contribution in [0.15, 0.2) is 66.7 Å². The number of hydrogen-bond acceptors (Lipinski definition) is 2. The summed E-state index contributed by atoms with van der Waals surface area (Å²) >= 11 is 7.14. The zero-order valence-corrected chi connectivity index (χ0v) is 19.8.